The van der Waals surface area contributed by atoms with Crippen LogP contribution in [0.3, 0.4) is 0 Å². The molecule has 1 saturated carbocycles. The predicted molar refractivity (Wildman–Crippen MR) is 91.3 cm³/mol. The fourth-order valence-electron chi connectivity index (χ4n) is 3.27. The van der Waals surface area contributed by atoms with Gasteiger partial charge in [0.25, 0.3) is 0 Å². The highest BCUT2D eigenvalue weighted by Crippen LogP contribution is 2.35. The van der Waals surface area contributed by atoms with E-state index in [-0.39, 0.29) is 5.25 Å². The van der Waals surface area contributed by atoms with Crippen LogP contribution in [0, 0.1) is 11.8 Å². The maximum absolute atomic E-state index is 13.1. The van der Waals surface area contributed by atoms with Gasteiger partial charge in [-0.25, -0.2) is 0 Å². The highest BCUT2D eigenvalue weighted by molar-refractivity contribution is 7.85. The van der Waals surface area contributed by atoms with E-state index >= 15 is 0 Å². The molecule has 1 fully saturated rings. The molecule has 118 valence electrons. The van der Waals surface area contributed by atoms with E-state index in [0.717, 1.165) is 24.3 Å². The van der Waals surface area contributed by atoms with E-state index in [2.05, 4.69) is 26.1 Å². The lowest BCUT2D eigenvalue weighted by molar-refractivity contribution is 0.245. The highest BCUT2D eigenvalue weighted by atomic mass is 35.5. The number of hydrogen-bond acceptors (Lipinski definition) is 2. The quantitative estimate of drug-likeness (QED) is 0.876. The lowest BCUT2D eigenvalue weighted by atomic mass is 9.79. The van der Waals surface area contributed by atoms with Gasteiger partial charge in [0.15, 0.2) is 0 Å². The minimum absolute atomic E-state index is 0.158. The van der Waals surface area contributed by atoms with Gasteiger partial charge in [-0.3, -0.25) is 4.21 Å². The summed E-state index contributed by atoms with van der Waals surface area (Å²) in [6.07, 6.45) is 3.36. The van der Waals surface area contributed by atoms with Gasteiger partial charge in [-0.05, 0) is 49.8 Å². The Morgan fingerprint density at radius 1 is 1.33 bits per heavy atom. The molecule has 0 spiro atoms. The summed E-state index contributed by atoms with van der Waals surface area (Å²) in [7, 11) is -1.04. The summed E-state index contributed by atoms with van der Waals surface area (Å²) in [6.45, 7) is 7.58. The van der Waals surface area contributed by atoms with Crippen molar-refractivity contribution in [3.05, 3.63) is 29.3 Å². The highest BCUT2D eigenvalue weighted by Gasteiger charge is 2.36. The summed E-state index contributed by atoms with van der Waals surface area (Å²) in [5, 5.41) is 4.31. The topological polar surface area (TPSA) is 29.1 Å². The number of halogens is 1. The number of nitrogens with one attached hydrogen (secondary N) is 1. The molecular weight excluding hydrogens is 302 g/mol. The van der Waals surface area contributed by atoms with Crippen molar-refractivity contribution in [1.82, 2.24) is 5.32 Å². The van der Waals surface area contributed by atoms with Gasteiger partial charge in [-0.15, -0.1) is 0 Å². The van der Waals surface area contributed by atoms with Gasteiger partial charge in [0, 0.05) is 6.04 Å². The third kappa shape index (κ3) is 4.08. The van der Waals surface area contributed by atoms with Gasteiger partial charge in [0.1, 0.15) is 0 Å². The summed E-state index contributed by atoms with van der Waals surface area (Å²) in [5.74, 6) is 1.31. The summed E-state index contributed by atoms with van der Waals surface area (Å²) >= 11 is 6.25. The zero-order valence-electron chi connectivity index (χ0n) is 13.1. The number of rotatable bonds is 5. The average molecular weight is 328 g/mol. The van der Waals surface area contributed by atoms with Gasteiger partial charge >= 0.3 is 0 Å². The van der Waals surface area contributed by atoms with E-state index < -0.39 is 10.8 Å². The Balaban J connectivity index is 2.22. The van der Waals surface area contributed by atoms with Crippen LogP contribution in [0.25, 0.3) is 0 Å². The Morgan fingerprint density at radius 3 is 2.67 bits per heavy atom. The Kier molecular flexibility index (Phi) is 6.27. The molecular formula is C17H26ClNOS. The van der Waals surface area contributed by atoms with E-state index in [4.69, 9.17) is 11.6 Å². The fraction of sp³-hybridized carbons (Fsp3) is 0.647. The van der Waals surface area contributed by atoms with Crippen LogP contribution in [0.15, 0.2) is 29.2 Å². The molecule has 0 amide bonds. The zero-order valence-corrected chi connectivity index (χ0v) is 14.7. The molecule has 2 rings (SSSR count). The fourth-order valence-corrected chi connectivity index (χ4v) is 5.38. The number of hydrogen-bond donors (Lipinski definition) is 1. The molecule has 1 N–H and O–H groups in total. The second-order valence-corrected chi connectivity index (χ2v) is 8.29. The molecule has 0 radical (unpaired) electrons. The third-order valence-corrected chi connectivity index (χ3v) is 6.87. The van der Waals surface area contributed by atoms with Crippen molar-refractivity contribution in [2.75, 3.05) is 6.54 Å². The summed E-state index contributed by atoms with van der Waals surface area (Å²) in [4.78, 5) is 0.788. The van der Waals surface area contributed by atoms with E-state index in [1.165, 1.54) is 6.42 Å². The van der Waals surface area contributed by atoms with Crippen LogP contribution >= 0.6 is 11.6 Å². The van der Waals surface area contributed by atoms with Crippen molar-refractivity contribution in [2.45, 2.75) is 56.2 Å². The van der Waals surface area contributed by atoms with Crippen LogP contribution in [0.4, 0.5) is 0 Å². The first kappa shape index (κ1) is 17.0. The standard InChI is InChI=1S/C17H26ClNOS/c1-4-19-15-10-9-13(12(2)3)11-17(15)21(20)16-8-6-5-7-14(16)18/h5-8,12-13,15,17,19H,4,9-11H2,1-3H3. The second kappa shape index (κ2) is 7.75. The van der Waals surface area contributed by atoms with Crippen molar-refractivity contribution in [1.29, 1.82) is 0 Å². The molecule has 4 unspecified atom stereocenters. The molecule has 21 heavy (non-hydrogen) atoms. The first-order valence-corrected chi connectivity index (χ1v) is 9.52. The molecule has 0 aromatic heterocycles. The third-order valence-electron chi connectivity index (χ3n) is 4.57. The minimum atomic E-state index is -1.04. The smallest absolute Gasteiger partial charge is 0.0591 e. The summed E-state index contributed by atoms with van der Waals surface area (Å²) < 4.78 is 13.1. The van der Waals surface area contributed by atoms with E-state index in [1.807, 2.05) is 24.3 Å². The van der Waals surface area contributed by atoms with Crippen molar-refractivity contribution < 1.29 is 4.21 Å². The van der Waals surface area contributed by atoms with Gasteiger partial charge in [0.2, 0.25) is 0 Å². The molecule has 1 aliphatic rings. The molecule has 1 aromatic rings. The minimum Gasteiger partial charge on any atom is -0.313 e. The van der Waals surface area contributed by atoms with Gasteiger partial charge in [0.05, 0.1) is 26.0 Å². The lowest BCUT2D eigenvalue weighted by Crippen LogP contribution is -2.47. The average Bonchev–Trinajstić information content (AvgIpc) is 2.47. The molecule has 0 aliphatic heterocycles. The van der Waals surface area contributed by atoms with Gasteiger partial charge in [-0.1, -0.05) is 44.5 Å². The Labute approximate surface area is 136 Å². The Morgan fingerprint density at radius 2 is 2.05 bits per heavy atom. The van der Waals surface area contributed by atoms with Gasteiger partial charge < -0.3 is 5.32 Å². The predicted octanol–water partition coefficient (Wildman–Crippen LogP) is 4.25. The van der Waals surface area contributed by atoms with Crippen LogP contribution < -0.4 is 5.32 Å². The zero-order chi connectivity index (χ0) is 15.4. The van der Waals surface area contributed by atoms with E-state index in [9.17, 15) is 4.21 Å². The van der Waals surface area contributed by atoms with E-state index in [1.54, 1.807) is 0 Å². The molecule has 0 saturated heterocycles. The summed E-state index contributed by atoms with van der Waals surface area (Å²) in [5.41, 5.74) is 0. The first-order valence-electron chi connectivity index (χ1n) is 7.93. The van der Waals surface area contributed by atoms with Crippen LogP contribution in [0.1, 0.15) is 40.0 Å². The normalized spacial score (nSPS) is 27.8. The summed E-state index contributed by atoms with van der Waals surface area (Å²) in [6, 6.07) is 7.88. The Bertz CT molecular complexity index is 491. The number of benzene rings is 1. The maximum atomic E-state index is 13.1. The molecule has 1 aliphatic carbocycles. The van der Waals surface area contributed by atoms with Crippen molar-refractivity contribution in [3.63, 3.8) is 0 Å². The largest absolute Gasteiger partial charge is 0.313 e. The SMILES string of the molecule is CCNC1CCC(C(C)C)CC1S(=O)c1ccccc1Cl. The van der Waals surface area contributed by atoms with Gasteiger partial charge in [-0.2, -0.15) is 0 Å². The maximum Gasteiger partial charge on any atom is 0.0591 e. The van der Waals surface area contributed by atoms with Crippen LogP contribution in [0.2, 0.25) is 5.02 Å². The molecule has 2 nitrogen and oxygen atoms in total. The van der Waals surface area contributed by atoms with Crippen molar-refractivity contribution in [2.24, 2.45) is 11.8 Å². The Hall–Kier alpha value is -0.380. The lowest BCUT2D eigenvalue weighted by Gasteiger charge is -2.37. The second-order valence-electron chi connectivity index (χ2n) is 6.25. The molecule has 0 bridgehead atoms. The monoisotopic (exact) mass is 327 g/mol. The van der Waals surface area contributed by atoms with Crippen LogP contribution in [-0.2, 0) is 10.8 Å². The van der Waals surface area contributed by atoms with E-state index in [0.29, 0.717) is 22.9 Å². The molecule has 4 heteroatoms. The van der Waals surface area contributed by atoms with Crippen molar-refractivity contribution >= 4 is 22.4 Å². The van der Waals surface area contributed by atoms with Crippen molar-refractivity contribution in [3.8, 4) is 0 Å². The van der Waals surface area contributed by atoms with Crippen LogP contribution in [0.5, 0.6) is 0 Å². The molecule has 1 aromatic carbocycles. The molecule has 0 heterocycles. The van der Waals surface area contributed by atoms with Crippen LogP contribution in [-0.4, -0.2) is 22.0 Å². The first-order chi connectivity index (χ1) is 10.0. The molecule has 4 atom stereocenters.